The van der Waals surface area contributed by atoms with Gasteiger partial charge in [0.05, 0.1) is 12.1 Å². The highest BCUT2D eigenvalue weighted by Gasteiger charge is 2.22. The number of aromatic nitrogens is 2. The van der Waals surface area contributed by atoms with Crippen LogP contribution in [0.15, 0.2) is 42.5 Å². The van der Waals surface area contributed by atoms with Crippen molar-refractivity contribution < 1.29 is 14.3 Å². The molecule has 29 heavy (non-hydrogen) atoms. The van der Waals surface area contributed by atoms with Crippen LogP contribution in [0.25, 0.3) is 22.2 Å². The van der Waals surface area contributed by atoms with Crippen LogP contribution in [0.4, 0.5) is 5.69 Å². The number of hydrogen-bond donors (Lipinski definition) is 2. The average Bonchev–Trinajstić information content (AvgIpc) is 3.14. The lowest BCUT2D eigenvalue weighted by atomic mass is 10.0. The smallest absolute Gasteiger partial charge is 0.248 e. The number of nitrogens with two attached hydrogens (primary N) is 1. The van der Waals surface area contributed by atoms with Gasteiger partial charge in [0, 0.05) is 42.5 Å². The van der Waals surface area contributed by atoms with E-state index in [-0.39, 0.29) is 6.23 Å². The van der Waals surface area contributed by atoms with Crippen LogP contribution in [-0.2, 0) is 9.47 Å². The molecule has 4 rings (SSSR count). The Bertz CT molecular complexity index is 1010. The fourth-order valence-electron chi connectivity index (χ4n) is 3.72. The second kappa shape index (κ2) is 8.63. The zero-order valence-electron chi connectivity index (χ0n) is 16.6. The molecule has 0 bridgehead atoms. The van der Waals surface area contributed by atoms with Crippen LogP contribution >= 0.6 is 0 Å². The molecule has 3 aromatic rings. The van der Waals surface area contributed by atoms with Crippen molar-refractivity contribution in [1.82, 2.24) is 9.78 Å². The van der Waals surface area contributed by atoms with E-state index < -0.39 is 5.91 Å². The number of carbonyl (C=O) groups excluding carboxylic acids is 1. The summed E-state index contributed by atoms with van der Waals surface area (Å²) in [5.74, 6) is -0.450. The molecule has 2 heterocycles. The van der Waals surface area contributed by atoms with Crippen LogP contribution < -0.4 is 11.1 Å². The monoisotopic (exact) mass is 394 g/mol. The van der Waals surface area contributed by atoms with Gasteiger partial charge >= 0.3 is 0 Å². The first-order valence-corrected chi connectivity index (χ1v) is 9.94. The number of nitrogens with zero attached hydrogens (tertiary/aromatic N) is 2. The van der Waals surface area contributed by atoms with Gasteiger partial charge in [0.15, 0.2) is 6.23 Å². The van der Waals surface area contributed by atoms with Gasteiger partial charge in [-0.25, -0.2) is 4.68 Å². The van der Waals surface area contributed by atoms with Crippen molar-refractivity contribution >= 4 is 22.5 Å². The standard InChI is InChI=1S/C22H26N4O3/c1-28-12-10-24-17-6-4-5-15(13-17)21-18-14-16(22(23)27)8-9-19(18)26(25-21)20-7-2-3-11-29-20/h4-6,8-9,13-14,20,24H,2-3,7,10-12H2,1H3,(H2,23,27). The van der Waals surface area contributed by atoms with Crippen LogP contribution in [-0.4, -0.2) is 42.6 Å². The SMILES string of the molecule is COCCNc1cccc(-c2nn(C3CCCCO3)c3ccc(C(N)=O)cc23)c1. The summed E-state index contributed by atoms with van der Waals surface area (Å²) in [4.78, 5) is 11.8. The molecule has 0 radical (unpaired) electrons. The van der Waals surface area contributed by atoms with E-state index >= 15 is 0 Å². The molecular formula is C22H26N4O3. The van der Waals surface area contributed by atoms with E-state index in [9.17, 15) is 4.79 Å². The Hall–Kier alpha value is -2.90. The zero-order valence-corrected chi connectivity index (χ0v) is 16.6. The van der Waals surface area contributed by atoms with E-state index in [1.807, 2.05) is 35.0 Å². The van der Waals surface area contributed by atoms with Gasteiger partial charge in [0.25, 0.3) is 0 Å². The topological polar surface area (TPSA) is 91.4 Å². The lowest BCUT2D eigenvalue weighted by Crippen LogP contribution is -2.19. The van der Waals surface area contributed by atoms with Crippen LogP contribution in [0.1, 0.15) is 35.8 Å². The van der Waals surface area contributed by atoms with Crippen molar-refractivity contribution in [1.29, 1.82) is 0 Å². The number of hydrogen-bond acceptors (Lipinski definition) is 5. The molecular weight excluding hydrogens is 368 g/mol. The number of benzene rings is 2. The summed E-state index contributed by atoms with van der Waals surface area (Å²) in [5, 5.41) is 9.15. The minimum Gasteiger partial charge on any atom is -0.383 e. The summed E-state index contributed by atoms with van der Waals surface area (Å²) in [6.07, 6.45) is 3.01. The molecule has 152 valence electrons. The van der Waals surface area contributed by atoms with Gasteiger partial charge in [-0.2, -0.15) is 5.10 Å². The number of primary amides is 1. The number of ether oxygens (including phenoxy) is 2. The number of nitrogens with one attached hydrogen (secondary N) is 1. The van der Waals surface area contributed by atoms with Gasteiger partial charge in [-0.15, -0.1) is 0 Å². The molecule has 2 aromatic carbocycles. The highest BCUT2D eigenvalue weighted by Crippen LogP contribution is 2.34. The summed E-state index contributed by atoms with van der Waals surface area (Å²) in [5.41, 5.74) is 9.70. The Balaban J connectivity index is 1.79. The molecule has 0 saturated carbocycles. The Kier molecular flexibility index (Phi) is 5.78. The average molecular weight is 394 g/mol. The third kappa shape index (κ3) is 4.11. The molecule has 1 amide bonds. The van der Waals surface area contributed by atoms with Gasteiger partial charge in [0.2, 0.25) is 5.91 Å². The molecule has 1 unspecified atom stereocenters. The summed E-state index contributed by atoms with van der Waals surface area (Å²) in [7, 11) is 1.68. The van der Waals surface area contributed by atoms with Gasteiger partial charge in [-0.05, 0) is 49.6 Å². The van der Waals surface area contributed by atoms with Crippen molar-refractivity contribution in [2.45, 2.75) is 25.5 Å². The molecule has 7 nitrogen and oxygen atoms in total. The molecule has 7 heteroatoms. The van der Waals surface area contributed by atoms with Crippen molar-refractivity contribution in [3.8, 4) is 11.3 Å². The van der Waals surface area contributed by atoms with Crippen LogP contribution in [0, 0.1) is 0 Å². The third-order valence-corrected chi connectivity index (χ3v) is 5.19. The number of amides is 1. The van der Waals surface area contributed by atoms with Crippen LogP contribution in [0.5, 0.6) is 0 Å². The predicted octanol–water partition coefficient (Wildman–Crippen LogP) is 3.56. The zero-order chi connectivity index (χ0) is 20.2. The van der Waals surface area contributed by atoms with Crippen molar-refractivity contribution in [2.75, 3.05) is 32.2 Å². The second-order valence-electron chi connectivity index (χ2n) is 7.21. The van der Waals surface area contributed by atoms with Gasteiger partial charge in [-0.1, -0.05) is 12.1 Å². The van der Waals surface area contributed by atoms with Gasteiger partial charge < -0.3 is 20.5 Å². The molecule has 0 aliphatic carbocycles. The number of fused-ring (bicyclic) bond motifs is 1. The van der Waals surface area contributed by atoms with Crippen LogP contribution in [0.3, 0.4) is 0 Å². The molecule has 1 aromatic heterocycles. The summed E-state index contributed by atoms with van der Waals surface area (Å²) in [6.45, 7) is 2.08. The fourth-order valence-corrected chi connectivity index (χ4v) is 3.72. The number of carbonyl (C=O) groups is 1. The van der Waals surface area contributed by atoms with E-state index in [0.29, 0.717) is 12.2 Å². The molecule has 3 N–H and O–H groups in total. The number of anilines is 1. The molecule has 1 saturated heterocycles. The summed E-state index contributed by atoms with van der Waals surface area (Å²) in [6, 6.07) is 13.6. The Morgan fingerprint density at radius 2 is 2.21 bits per heavy atom. The third-order valence-electron chi connectivity index (χ3n) is 5.19. The van der Waals surface area contributed by atoms with Gasteiger partial charge in [-0.3, -0.25) is 4.79 Å². The highest BCUT2D eigenvalue weighted by molar-refractivity contribution is 6.01. The maximum absolute atomic E-state index is 11.8. The van der Waals surface area contributed by atoms with E-state index in [0.717, 1.165) is 60.3 Å². The second-order valence-corrected chi connectivity index (χ2v) is 7.21. The molecule has 1 aliphatic rings. The number of rotatable bonds is 7. The summed E-state index contributed by atoms with van der Waals surface area (Å²) < 4.78 is 13.0. The maximum atomic E-state index is 11.8. The molecule has 1 atom stereocenters. The Morgan fingerprint density at radius 1 is 1.31 bits per heavy atom. The van der Waals surface area contributed by atoms with Crippen molar-refractivity contribution in [2.24, 2.45) is 5.73 Å². The van der Waals surface area contributed by atoms with Crippen LogP contribution in [0.2, 0.25) is 0 Å². The predicted molar refractivity (Wildman–Crippen MR) is 113 cm³/mol. The first-order valence-electron chi connectivity index (χ1n) is 9.94. The normalized spacial score (nSPS) is 16.8. The Morgan fingerprint density at radius 3 is 2.97 bits per heavy atom. The van der Waals surface area contributed by atoms with E-state index in [1.54, 1.807) is 13.2 Å². The lowest BCUT2D eigenvalue weighted by Gasteiger charge is -2.23. The van der Waals surface area contributed by atoms with Crippen molar-refractivity contribution in [3.05, 3.63) is 48.0 Å². The van der Waals surface area contributed by atoms with Crippen molar-refractivity contribution in [3.63, 3.8) is 0 Å². The first-order chi connectivity index (χ1) is 14.2. The summed E-state index contributed by atoms with van der Waals surface area (Å²) >= 11 is 0. The van der Waals surface area contributed by atoms with E-state index in [4.69, 9.17) is 20.3 Å². The maximum Gasteiger partial charge on any atom is 0.248 e. The highest BCUT2D eigenvalue weighted by atomic mass is 16.5. The first kappa shape index (κ1) is 19.4. The molecule has 1 fully saturated rings. The lowest BCUT2D eigenvalue weighted by molar-refractivity contribution is -0.0365. The fraction of sp³-hybridized carbons (Fsp3) is 0.364. The largest absolute Gasteiger partial charge is 0.383 e. The Labute approximate surface area is 169 Å². The van der Waals surface area contributed by atoms with E-state index in [1.165, 1.54) is 0 Å². The number of methoxy groups -OCH3 is 1. The minimum absolute atomic E-state index is 0.0950. The molecule has 1 aliphatic heterocycles. The minimum atomic E-state index is -0.450. The van der Waals surface area contributed by atoms with E-state index in [2.05, 4.69) is 11.4 Å². The quantitative estimate of drug-likeness (QED) is 0.598. The molecule has 0 spiro atoms. The van der Waals surface area contributed by atoms with Gasteiger partial charge in [0.1, 0.15) is 5.69 Å².